The molecule has 2 rings (SSSR count). The van der Waals surface area contributed by atoms with Gasteiger partial charge in [0.15, 0.2) is 0 Å². The van der Waals surface area contributed by atoms with Crippen molar-refractivity contribution >= 4 is 21.8 Å². The number of hydrogen-bond donors (Lipinski definition) is 0. The monoisotopic (exact) mass is 309 g/mol. The maximum atomic E-state index is 12.5. The first-order valence-corrected chi connectivity index (χ1v) is 7.70. The van der Waals surface area contributed by atoms with Gasteiger partial charge in [-0.25, -0.2) is 0 Å². The molecule has 0 aromatic heterocycles. The maximum Gasteiger partial charge on any atom is 0.254 e. The molecule has 0 bridgehead atoms. The molecule has 0 aliphatic heterocycles. The van der Waals surface area contributed by atoms with Crippen LogP contribution in [0.1, 0.15) is 42.6 Å². The third kappa shape index (κ3) is 3.35. The number of benzene rings is 1. The third-order valence-electron chi connectivity index (χ3n) is 3.17. The zero-order valence-corrected chi connectivity index (χ0v) is 12.6. The summed E-state index contributed by atoms with van der Waals surface area (Å²) in [6.45, 7) is 5.19. The van der Waals surface area contributed by atoms with Gasteiger partial charge in [-0.15, -0.1) is 0 Å². The normalized spacial score (nSPS) is 14.9. The topological polar surface area (TPSA) is 20.3 Å². The first kappa shape index (κ1) is 13.6. The quantitative estimate of drug-likeness (QED) is 0.757. The van der Waals surface area contributed by atoms with E-state index in [9.17, 15) is 4.79 Å². The lowest BCUT2D eigenvalue weighted by molar-refractivity contribution is 0.0722. The van der Waals surface area contributed by atoms with Crippen LogP contribution in [0.5, 0.6) is 0 Å². The molecular formula is C15H20BrNO. The van der Waals surface area contributed by atoms with Gasteiger partial charge in [0.25, 0.3) is 5.91 Å². The summed E-state index contributed by atoms with van der Waals surface area (Å²) in [5.74, 6) is 0.712. The maximum absolute atomic E-state index is 12.5. The lowest BCUT2D eigenvalue weighted by Crippen LogP contribution is -2.36. The summed E-state index contributed by atoms with van der Waals surface area (Å²) in [4.78, 5) is 14.5. The minimum absolute atomic E-state index is 0.187. The molecule has 1 aromatic carbocycles. The van der Waals surface area contributed by atoms with Crippen LogP contribution in [-0.4, -0.2) is 23.4 Å². The van der Waals surface area contributed by atoms with E-state index in [1.165, 1.54) is 5.56 Å². The summed E-state index contributed by atoms with van der Waals surface area (Å²) in [6, 6.07) is 8.39. The van der Waals surface area contributed by atoms with Gasteiger partial charge in [-0.1, -0.05) is 41.9 Å². The molecule has 1 aromatic rings. The largest absolute Gasteiger partial charge is 0.335 e. The molecule has 0 radical (unpaired) electrons. The SMILES string of the molecule is CC(C)CN(C(=O)c1ccc(CBr)cc1)C1CC1. The molecule has 0 atom stereocenters. The molecule has 0 spiro atoms. The minimum atomic E-state index is 0.187. The summed E-state index contributed by atoms with van der Waals surface area (Å²) in [6.07, 6.45) is 2.33. The Balaban J connectivity index is 2.11. The van der Waals surface area contributed by atoms with Gasteiger partial charge in [0.1, 0.15) is 0 Å². The van der Waals surface area contributed by atoms with Crippen molar-refractivity contribution in [3.05, 3.63) is 35.4 Å². The van der Waals surface area contributed by atoms with Crippen molar-refractivity contribution < 1.29 is 4.79 Å². The van der Waals surface area contributed by atoms with Crippen LogP contribution in [0.15, 0.2) is 24.3 Å². The van der Waals surface area contributed by atoms with Crippen molar-refractivity contribution in [1.82, 2.24) is 4.90 Å². The van der Waals surface area contributed by atoms with Crippen LogP contribution in [0.3, 0.4) is 0 Å². The fourth-order valence-electron chi connectivity index (χ4n) is 2.08. The van der Waals surface area contributed by atoms with Crippen molar-refractivity contribution in [3.8, 4) is 0 Å². The predicted molar refractivity (Wildman–Crippen MR) is 78.0 cm³/mol. The highest BCUT2D eigenvalue weighted by Crippen LogP contribution is 2.29. The molecule has 0 unspecified atom stereocenters. The molecule has 18 heavy (non-hydrogen) atoms. The molecule has 1 saturated carbocycles. The number of carbonyl (C=O) groups is 1. The van der Waals surface area contributed by atoms with Crippen molar-refractivity contribution in [2.45, 2.75) is 38.1 Å². The second-order valence-corrected chi connectivity index (χ2v) is 5.97. The van der Waals surface area contributed by atoms with Crippen molar-refractivity contribution in [2.75, 3.05) is 6.54 Å². The van der Waals surface area contributed by atoms with E-state index in [1.807, 2.05) is 29.2 Å². The molecule has 0 heterocycles. The fourth-order valence-corrected chi connectivity index (χ4v) is 2.45. The van der Waals surface area contributed by atoms with E-state index in [4.69, 9.17) is 0 Å². The van der Waals surface area contributed by atoms with Gasteiger partial charge >= 0.3 is 0 Å². The van der Waals surface area contributed by atoms with Gasteiger partial charge in [-0.2, -0.15) is 0 Å². The Morgan fingerprint density at radius 2 is 1.94 bits per heavy atom. The van der Waals surface area contributed by atoms with Crippen LogP contribution < -0.4 is 0 Å². The van der Waals surface area contributed by atoms with E-state index in [0.29, 0.717) is 12.0 Å². The van der Waals surface area contributed by atoms with E-state index in [2.05, 4.69) is 29.8 Å². The molecule has 1 fully saturated rings. The van der Waals surface area contributed by atoms with Crippen LogP contribution in [0.4, 0.5) is 0 Å². The highest BCUT2D eigenvalue weighted by atomic mass is 79.9. The van der Waals surface area contributed by atoms with E-state index in [-0.39, 0.29) is 5.91 Å². The molecule has 1 amide bonds. The third-order valence-corrected chi connectivity index (χ3v) is 3.81. The Kier molecular flexibility index (Phi) is 4.44. The lowest BCUT2D eigenvalue weighted by Gasteiger charge is -2.24. The Morgan fingerprint density at radius 3 is 2.39 bits per heavy atom. The highest BCUT2D eigenvalue weighted by Gasteiger charge is 2.33. The Bertz CT molecular complexity index is 409. The van der Waals surface area contributed by atoms with E-state index >= 15 is 0 Å². The second-order valence-electron chi connectivity index (χ2n) is 5.41. The van der Waals surface area contributed by atoms with E-state index in [0.717, 1.165) is 30.3 Å². The number of amides is 1. The summed E-state index contributed by atoms with van der Waals surface area (Å²) < 4.78 is 0. The molecule has 1 aliphatic rings. The number of alkyl halides is 1. The molecule has 0 saturated heterocycles. The second kappa shape index (κ2) is 5.87. The smallest absolute Gasteiger partial charge is 0.254 e. The van der Waals surface area contributed by atoms with Crippen molar-refractivity contribution in [2.24, 2.45) is 5.92 Å². The first-order chi connectivity index (χ1) is 8.61. The molecule has 3 heteroatoms. The number of rotatable bonds is 5. The van der Waals surface area contributed by atoms with E-state index < -0.39 is 0 Å². The van der Waals surface area contributed by atoms with Gasteiger partial charge < -0.3 is 4.90 Å². The van der Waals surface area contributed by atoms with E-state index in [1.54, 1.807) is 0 Å². The summed E-state index contributed by atoms with van der Waals surface area (Å²) in [5, 5.41) is 0.833. The standard InChI is InChI=1S/C15H20BrNO/c1-11(2)10-17(14-7-8-14)15(18)13-5-3-12(9-16)4-6-13/h3-6,11,14H,7-10H2,1-2H3. The minimum Gasteiger partial charge on any atom is -0.335 e. The summed E-state index contributed by atoms with van der Waals surface area (Å²) >= 11 is 3.42. The Labute approximate surface area is 117 Å². The Morgan fingerprint density at radius 1 is 1.33 bits per heavy atom. The molecule has 98 valence electrons. The van der Waals surface area contributed by atoms with Crippen molar-refractivity contribution in [1.29, 1.82) is 0 Å². The Hall–Kier alpha value is -0.830. The lowest BCUT2D eigenvalue weighted by atomic mass is 10.1. The van der Waals surface area contributed by atoms with Crippen LogP contribution in [0.25, 0.3) is 0 Å². The predicted octanol–water partition coefficient (Wildman–Crippen LogP) is 3.84. The highest BCUT2D eigenvalue weighted by molar-refractivity contribution is 9.08. The van der Waals surface area contributed by atoms with Gasteiger partial charge in [0, 0.05) is 23.5 Å². The van der Waals surface area contributed by atoms with Crippen LogP contribution in [0, 0.1) is 5.92 Å². The molecule has 0 N–H and O–H groups in total. The van der Waals surface area contributed by atoms with Gasteiger partial charge in [-0.3, -0.25) is 4.79 Å². The van der Waals surface area contributed by atoms with Gasteiger partial charge in [0.2, 0.25) is 0 Å². The van der Waals surface area contributed by atoms with Gasteiger partial charge in [-0.05, 0) is 36.5 Å². The van der Waals surface area contributed by atoms with Crippen LogP contribution in [0.2, 0.25) is 0 Å². The molecule has 1 aliphatic carbocycles. The molecular weight excluding hydrogens is 290 g/mol. The molecule has 2 nitrogen and oxygen atoms in total. The summed E-state index contributed by atoms with van der Waals surface area (Å²) in [5.41, 5.74) is 2.01. The zero-order chi connectivity index (χ0) is 13.1. The average molecular weight is 310 g/mol. The number of hydrogen-bond acceptors (Lipinski definition) is 1. The van der Waals surface area contributed by atoms with Crippen LogP contribution in [-0.2, 0) is 5.33 Å². The first-order valence-electron chi connectivity index (χ1n) is 6.57. The number of halogens is 1. The van der Waals surface area contributed by atoms with Crippen molar-refractivity contribution in [3.63, 3.8) is 0 Å². The van der Waals surface area contributed by atoms with Gasteiger partial charge in [0.05, 0.1) is 0 Å². The number of nitrogens with zero attached hydrogens (tertiary/aromatic N) is 1. The zero-order valence-electron chi connectivity index (χ0n) is 11.0. The fraction of sp³-hybridized carbons (Fsp3) is 0.533. The van der Waals surface area contributed by atoms with Crippen LogP contribution >= 0.6 is 15.9 Å². The summed E-state index contributed by atoms with van der Waals surface area (Å²) in [7, 11) is 0. The number of carbonyl (C=O) groups excluding carboxylic acids is 1. The average Bonchev–Trinajstić information content (AvgIpc) is 3.19.